The third kappa shape index (κ3) is 1.35. The third-order valence-electron chi connectivity index (χ3n) is 5.04. The topological polar surface area (TPSA) is 0 Å². The molecule has 0 aliphatic heterocycles. The molecule has 0 fully saturated rings. The zero-order valence-electron chi connectivity index (χ0n) is 12.1. The second-order valence-electron chi connectivity index (χ2n) is 6.23. The number of hydrogen-bond acceptors (Lipinski definition) is 0. The van der Waals surface area contributed by atoms with Gasteiger partial charge >= 0.3 is 0 Å². The molecule has 1 aliphatic rings. The van der Waals surface area contributed by atoms with E-state index in [-0.39, 0.29) is 0 Å². The molecule has 0 radical (unpaired) electrons. The van der Waals surface area contributed by atoms with Crippen molar-refractivity contribution in [2.24, 2.45) is 0 Å². The van der Waals surface area contributed by atoms with Crippen LogP contribution in [-0.4, -0.2) is 0 Å². The van der Waals surface area contributed by atoms with Crippen LogP contribution < -0.4 is 5.22 Å². The minimum Gasteiger partial charge on any atom is -0.0760 e. The lowest BCUT2D eigenvalue weighted by atomic mass is 9.81. The predicted octanol–water partition coefficient (Wildman–Crippen LogP) is 5.15. The van der Waals surface area contributed by atoms with E-state index in [0.29, 0.717) is 5.92 Å². The average Bonchev–Trinajstić information content (AvgIpc) is 2.53. The fourth-order valence-corrected chi connectivity index (χ4v) is 4.12. The maximum absolute atomic E-state index is 2.40. The number of benzene rings is 4. The van der Waals surface area contributed by atoms with Crippen LogP contribution in [0.15, 0.2) is 54.6 Å². The van der Waals surface area contributed by atoms with Crippen molar-refractivity contribution < 1.29 is 0 Å². The first kappa shape index (κ1) is 11.3. The van der Waals surface area contributed by atoms with E-state index in [1.165, 1.54) is 37.5 Å². The van der Waals surface area contributed by atoms with Gasteiger partial charge in [0.1, 0.15) is 0 Å². The van der Waals surface area contributed by atoms with Crippen molar-refractivity contribution >= 4 is 38.4 Å². The Hall–Kier alpha value is -2.34. The smallest absolute Gasteiger partial charge is 0.00295 e. The average molecular weight is 268 g/mol. The van der Waals surface area contributed by atoms with Crippen molar-refractivity contribution in [2.45, 2.75) is 19.3 Å². The van der Waals surface area contributed by atoms with E-state index >= 15 is 0 Å². The fraction of sp³-hybridized carbons (Fsp3) is 0.143. The summed E-state index contributed by atoms with van der Waals surface area (Å²) in [5.74, 6) is 0.595. The van der Waals surface area contributed by atoms with Crippen LogP contribution in [0.3, 0.4) is 0 Å². The summed E-state index contributed by atoms with van der Waals surface area (Å²) in [6.07, 6.45) is 3.55. The molecule has 1 unspecified atom stereocenters. The lowest BCUT2D eigenvalue weighted by molar-refractivity contribution is 0.810. The molecule has 0 heterocycles. The van der Waals surface area contributed by atoms with Crippen LogP contribution in [0.5, 0.6) is 0 Å². The summed E-state index contributed by atoms with van der Waals surface area (Å²) in [4.78, 5) is 0. The molecule has 0 amide bonds. The summed E-state index contributed by atoms with van der Waals surface area (Å²) in [5.41, 5.74) is 1.55. The molecule has 0 nitrogen and oxygen atoms in total. The second-order valence-corrected chi connectivity index (χ2v) is 6.23. The molecule has 5 rings (SSSR count). The van der Waals surface area contributed by atoms with Crippen LogP contribution in [0.4, 0.5) is 0 Å². The maximum Gasteiger partial charge on any atom is -0.00295 e. The van der Waals surface area contributed by atoms with Gasteiger partial charge in [0, 0.05) is 0 Å². The van der Waals surface area contributed by atoms with Gasteiger partial charge in [0.05, 0.1) is 0 Å². The lowest BCUT2D eigenvalue weighted by Crippen LogP contribution is -2.12. The van der Waals surface area contributed by atoms with E-state index in [4.69, 9.17) is 0 Å². The molecule has 0 heteroatoms. The molecule has 0 saturated heterocycles. The lowest BCUT2D eigenvalue weighted by Gasteiger charge is -2.22. The van der Waals surface area contributed by atoms with Crippen LogP contribution in [0.25, 0.3) is 38.4 Å². The normalized spacial score (nSPS) is 17.5. The van der Waals surface area contributed by atoms with Crippen molar-refractivity contribution in [3.8, 4) is 0 Å². The van der Waals surface area contributed by atoms with E-state index < -0.39 is 0 Å². The highest BCUT2D eigenvalue weighted by Crippen LogP contribution is 2.40. The number of rotatable bonds is 0. The molecule has 1 atom stereocenters. The molecule has 0 aromatic heterocycles. The standard InChI is InChI=1S/C21H16/c1-13-11-12-15-7-3-9-17-16-8-2-5-14-6-4-10-18(20(14)16)19(13)21(15)17/h2-10,12-13H,11H2,1H3. The van der Waals surface area contributed by atoms with Gasteiger partial charge in [-0.3, -0.25) is 0 Å². The first-order valence-corrected chi connectivity index (χ1v) is 7.70. The Bertz CT molecular complexity index is 1060. The monoisotopic (exact) mass is 268 g/mol. The quantitative estimate of drug-likeness (QED) is 0.305. The van der Waals surface area contributed by atoms with Gasteiger partial charge in [-0.2, -0.15) is 0 Å². The zero-order chi connectivity index (χ0) is 14.0. The van der Waals surface area contributed by atoms with Crippen molar-refractivity contribution in [2.75, 3.05) is 0 Å². The highest BCUT2D eigenvalue weighted by molar-refractivity contribution is 6.23. The highest BCUT2D eigenvalue weighted by atomic mass is 14.2. The number of fused-ring (bicyclic) bond motifs is 2. The SMILES string of the molecule is CC1CC=c2cccc3c2c1c1cccc2cccc3c21. The third-order valence-corrected chi connectivity index (χ3v) is 5.04. The molecule has 21 heavy (non-hydrogen) atoms. The van der Waals surface area contributed by atoms with E-state index in [2.05, 4.69) is 67.6 Å². The molecule has 0 saturated carbocycles. The van der Waals surface area contributed by atoms with Crippen LogP contribution in [0, 0.1) is 0 Å². The minimum absolute atomic E-state index is 0.595. The Kier molecular flexibility index (Phi) is 2.08. The Balaban J connectivity index is 2.25. The van der Waals surface area contributed by atoms with Crippen molar-refractivity contribution in [1.82, 2.24) is 0 Å². The Morgan fingerprint density at radius 2 is 1.43 bits per heavy atom. The first-order chi connectivity index (χ1) is 10.3. The van der Waals surface area contributed by atoms with Gasteiger partial charge < -0.3 is 0 Å². The van der Waals surface area contributed by atoms with Gasteiger partial charge in [0.15, 0.2) is 0 Å². The molecule has 0 spiro atoms. The molecular formula is C21H16. The predicted molar refractivity (Wildman–Crippen MR) is 91.7 cm³/mol. The second kappa shape index (κ2) is 3.85. The summed E-state index contributed by atoms with van der Waals surface area (Å²) >= 11 is 0. The largest absolute Gasteiger partial charge is 0.0760 e. The summed E-state index contributed by atoms with van der Waals surface area (Å²) in [5, 5.41) is 9.93. The van der Waals surface area contributed by atoms with Crippen molar-refractivity contribution in [3.63, 3.8) is 0 Å². The van der Waals surface area contributed by atoms with Gasteiger partial charge in [-0.1, -0.05) is 67.6 Å². The molecule has 0 N–H and O–H groups in total. The van der Waals surface area contributed by atoms with E-state index in [1.54, 1.807) is 5.56 Å². The molecule has 100 valence electrons. The van der Waals surface area contributed by atoms with E-state index in [9.17, 15) is 0 Å². The Labute approximate surface area is 123 Å². The van der Waals surface area contributed by atoms with Gasteiger partial charge in [-0.15, -0.1) is 0 Å². The summed E-state index contributed by atoms with van der Waals surface area (Å²) < 4.78 is 0. The Morgan fingerprint density at radius 3 is 2.24 bits per heavy atom. The summed E-state index contributed by atoms with van der Waals surface area (Å²) in [7, 11) is 0. The molecular weight excluding hydrogens is 252 g/mol. The molecule has 4 aromatic rings. The van der Waals surface area contributed by atoms with Crippen LogP contribution in [0.2, 0.25) is 0 Å². The highest BCUT2D eigenvalue weighted by Gasteiger charge is 2.19. The number of hydrogen-bond donors (Lipinski definition) is 0. The zero-order valence-corrected chi connectivity index (χ0v) is 12.1. The van der Waals surface area contributed by atoms with Crippen LogP contribution >= 0.6 is 0 Å². The van der Waals surface area contributed by atoms with Crippen LogP contribution in [-0.2, 0) is 0 Å². The molecule has 4 aromatic carbocycles. The van der Waals surface area contributed by atoms with Crippen molar-refractivity contribution in [3.05, 3.63) is 65.4 Å². The first-order valence-electron chi connectivity index (χ1n) is 7.70. The van der Waals surface area contributed by atoms with Gasteiger partial charge in [-0.05, 0) is 55.4 Å². The van der Waals surface area contributed by atoms with Gasteiger partial charge in [-0.25, -0.2) is 0 Å². The minimum atomic E-state index is 0.595. The molecule has 1 aliphatic carbocycles. The van der Waals surface area contributed by atoms with Gasteiger partial charge in [0.25, 0.3) is 0 Å². The van der Waals surface area contributed by atoms with E-state index in [0.717, 1.165) is 6.42 Å². The summed E-state index contributed by atoms with van der Waals surface area (Å²) in [6, 6.07) is 20.2. The van der Waals surface area contributed by atoms with Gasteiger partial charge in [0.2, 0.25) is 0 Å². The van der Waals surface area contributed by atoms with Crippen molar-refractivity contribution in [1.29, 1.82) is 0 Å². The van der Waals surface area contributed by atoms with E-state index in [1.807, 2.05) is 0 Å². The fourth-order valence-electron chi connectivity index (χ4n) is 4.12. The maximum atomic E-state index is 2.40. The molecule has 0 bridgehead atoms. The Morgan fingerprint density at radius 1 is 0.762 bits per heavy atom. The van der Waals surface area contributed by atoms with Crippen LogP contribution in [0.1, 0.15) is 24.8 Å². The summed E-state index contributed by atoms with van der Waals surface area (Å²) in [6.45, 7) is 2.36.